The van der Waals surface area contributed by atoms with Crippen LogP contribution < -0.4 is 20.1 Å². The van der Waals surface area contributed by atoms with Gasteiger partial charge in [-0.1, -0.05) is 44.7 Å². The summed E-state index contributed by atoms with van der Waals surface area (Å²) in [6.07, 6.45) is 12.3. The summed E-state index contributed by atoms with van der Waals surface area (Å²) in [5.74, 6) is 1.63. The first-order valence-electron chi connectivity index (χ1n) is 13.6. The van der Waals surface area contributed by atoms with Crippen LogP contribution in [0.5, 0.6) is 11.5 Å². The quantitative estimate of drug-likeness (QED) is 0.365. The molecule has 2 aromatic carbocycles. The first-order chi connectivity index (χ1) is 17.5. The molecule has 0 aromatic heterocycles. The summed E-state index contributed by atoms with van der Waals surface area (Å²) in [5, 5.41) is 6.90. The number of hydrogen-bond donors (Lipinski definition) is 2. The van der Waals surface area contributed by atoms with E-state index in [9.17, 15) is 4.79 Å². The average molecular weight is 491 g/mol. The lowest BCUT2D eigenvalue weighted by atomic mass is 9.90. The zero-order chi connectivity index (χ0) is 25.7. The van der Waals surface area contributed by atoms with Crippen molar-refractivity contribution in [3.05, 3.63) is 46.5 Å². The smallest absolute Gasteiger partial charge is 0.247 e. The normalized spacial score (nSPS) is 16.9. The SMILES string of the molecule is CCC(=Cc1c(C)c(OC)c(-c2ccc(NC3CCCC3)cc2)c(C)c1OC)C(=O)NC1CCCC1. The van der Waals surface area contributed by atoms with Crippen molar-refractivity contribution in [2.45, 2.75) is 90.6 Å². The fourth-order valence-corrected chi connectivity index (χ4v) is 5.90. The number of ether oxygens (including phenoxy) is 2. The van der Waals surface area contributed by atoms with Crippen molar-refractivity contribution < 1.29 is 14.3 Å². The predicted molar refractivity (Wildman–Crippen MR) is 149 cm³/mol. The van der Waals surface area contributed by atoms with Crippen molar-refractivity contribution in [3.8, 4) is 22.6 Å². The fraction of sp³-hybridized carbons (Fsp3) is 0.516. The molecule has 1 amide bonds. The minimum atomic E-state index is 0.0249. The summed E-state index contributed by atoms with van der Waals surface area (Å²) >= 11 is 0. The molecule has 0 heterocycles. The van der Waals surface area contributed by atoms with Crippen molar-refractivity contribution in [1.29, 1.82) is 0 Å². The summed E-state index contributed by atoms with van der Waals surface area (Å²) in [6, 6.07) is 9.50. The molecular formula is C31H42N2O3. The van der Waals surface area contributed by atoms with Gasteiger partial charge in [-0.05, 0) is 69.7 Å². The number of carbonyl (C=O) groups is 1. The molecular weight excluding hydrogens is 448 g/mol. The Kier molecular flexibility index (Phi) is 8.60. The Morgan fingerprint density at radius 2 is 1.47 bits per heavy atom. The Bertz CT molecular complexity index is 1090. The lowest BCUT2D eigenvalue weighted by Crippen LogP contribution is -2.33. The standard InChI is InChI=1S/C31H42N2O3/c1-6-22(31(34)33-25-13-9-10-14-25)19-27-20(2)30(36-5)28(21(3)29(27)35-4)23-15-17-26(18-16-23)32-24-11-7-8-12-24/h15-19,24-25,32H,6-14H2,1-5H3,(H,33,34). The average Bonchev–Trinajstić information content (AvgIpc) is 3.59. The first kappa shape index (κ1) is 26.1. The van der Waals surface area contributed by atoms with E-state index in [-0.39, 0.29) is 5.91 Å². The number of benzene rings is 2. The maximum absolute atomic E-state index is 13.1. The van der Waals surface area contributed by atoms with Gasteiger partial charge in [-0.15, -0.1) is 0 Å². The Balaban J connectivity index is 1.69. The van der Waals surface area contributed by atoms with Gasteiger partial charge in [0.25, 0.3) is 0 Å². The minimum Gasteiger partial charge on any atom is -0.496 e. The molecule has 36 heavy (non-hydrogen) atoms. The third kappa shape index (κ3) is 5.55. The lowest BCUT2D eigenvalue weighted by Gasteiger charge is -2.22. The van der Waals surface area contributed by atoms with Crippen LogP contribution in [0, 0.1) is 13.8 Å². The molecule has 2 aromatic rings. The molecule has 0 saturated heterocycles. The van der Waals surface area contributed by atoms with Crippen LogP contribution in [0.15, 0.2) is 29.8 Å². The second-order valence-corrected chi connectivity index (χ2v) is 10.3. The Labute approximate surface area is 216 Å². The number of methoxy groups -OCH3 is 2. The molecule has 5 heteroatoms. The monoisotopic (exact) mass is 490 g/mol. The van der Waals surface area contributed by atoms with Gasteiger partial charge in [0.1, 0.15) is 11.5 Å². The van der Waals surface area contributed by atoms with Crippen LogP contribution in [0.3, 0.4) is 0 Å². The molecule has 0 bridgehead atoms. The van der Waals surface area contributed by atoms with E-state index >= 15 is 0 Å². The molecule has 5 nitrogen and oxygen atoms in total. The van der Waals surface area contributed by atoms with E-state index in [1.165, 1.54) is 38.5 Å². The highest BCUT2D eigenvalue weighted by atomic mass is 16.5. The van der Waals surface area contributed by atoms with E-state index in [0.29, 0.717) is 18.5 Å². The molecule has 0 aliphatic heterocycles. The van der Waals surface area contributed by atoms with Gasteiger partial charge in [-0.3, -0.25) is 4.79 Å². The number of rotatable bonds is 9. The van der Waals surface area contributed by atoms with Gasteiger partial charge in [0, 0.05) is 45.6 Å². The molecule has 0 unspecified atom stereocenters. The molecule has 2 aliphatic rings. The molecule has 0 spiro atoms. The van der Waals surface area contributed by atoms with Crippen molar-refractivity contribution in [3.63, 3.8) is 0 Å². The summed E-state index contributed by atoms with van der Waals surface area (Å²) in [4.78, 5) is 13.1. The highest BCUT2D eigenvalue weighted by Gasteiger charge is 2.24. The molecule has 0 atom stereocenters. The molecule has 0 radical (unpaired) electrons. The van der Waals surface area contributed by atoms with E-state index in [4.69, 9.17) is 9.47 Å². The third-order valence-electron chi connectivity index (χ3n) is 7.92. The highest BCUT2D eigenvalue weighted by molar-refractivity contribution is 5.99. The zero-order valence-corrected chi connectivity index (χ0v) is 22.6. The van der Waals surface area contributed by atoms with Gasteiger partial charge in [0.05, 0.1) is 14.2 Å². The van der Waals surface area contributed by atoms with Crippen LogP contribution >= 0.6 is 0 Å². The molecule has 2 saturated carbocycles. The molecule has 194 valence electrons. The maximum atomic E-state index is 13.1. The summed E-state index contributed by atoms with van der Waals surface area (Å²) in [7, 11) is 3.42. The molecule has 4 rings (SSSR count). The number of nitrogens with one attached hydrogen (secondary N) is 2. The topological polar surface area (TPSA) is 59.6 Å². The number of amides is 1. The number of anilines is 1. The van der Waals surface area contributed by atoms with Crippen LogP contribution in [0.25, 0.3) is 17.2 Å². The van der Waals surface area contributed by atoms with E-state index < -0.39 is 0 Å². The van der Waals surface area contributed by atoms with E-state index in [0.717, 1.165) is 63.4 Å². The van der Waals surface area contributed by atoms with Crippen LogP contribution in [-0.2, 0) is 4.79 Å². The molecule has 2 fully saturated rings. The van der Waals surface area contributed by atoms with Gasteiger partial charge in [0.2, 0.25) is 5.91 Å². The minimum absolute atomic E-state index is 0.0249. The third-order valence-corrected chi connectivity index (χ3v) is 7.92. The summed E-state index contributed by atoms with van der Waals surface area (Å²) in [5.41, 5.74) is 6.94. The van der Waals surface area contributed by atoms with Crippen molar-refractivity contribution >= 4 is 17.7 Å². The number of hydrogen-bond acceptors (Lipinski definition) is 4. The Morgan fingerprint density at radius 1 is 0.889 bits per heavy atom. The zero-order valence-electron chi connectivity index (χ0n) is 22.6. The fourth-order valence-electron chi connectivity index (χ4n) is 5.90. The van der Waals surface area contributed by atoms with Gasteiger partial charge >= 0.3 is 0 Å². The van der Waals surface area contributed by atoms with Gasteiger partial charge in [-0.2, -0.15) is 0 Å². The Hall–Kier alpha value is -2.95. The first-order valence-corrected chi connectivity index (χ1v) is 13.6. The number of carbonyl (C=O) groups excluding carboxylic acids is 1. The Morgan fingerprint density at radius 3 is 2.03 bits per heavy atom. The van der Waals surface area contributed by atoms with E-state index in [1.807, 2.05) is 19.9 Å². The van der Waals surface area contributed by atoms with Crippen molar-refractivity contribution in [1.82, 2.24) is 5.32 Å². The second kappa shape index (κ2) is 11.9. The van der Waals surface area contributed by atoms with Crippen LogP contribution in [0.2, 0.25) is 0 Å². The van der Waals surface area contributed by atoms with Crippen LogP contribution in [0.1, 0.15) is 81.4 Å². The van der Waals surface area contributed by atoms with E-state index in [2.05, 4.69) is 41.8 Å². The second-order valence-electron chi connectivity index (χ2n) is 10.3. The summed E-state index contributed by atoms with van der Waals surface area (Å²) < 4.78 is 11.9. The van der Waals surface area contributed by atoms with Gasteiger partial charge in [0.15, 0.2) is 0 Å². The van der Waals surface area contributed by atoms with Gasteiger partial charge < -0.3 is 20.1 Å². The van der Waals surface area contributed by atoms with Crippen molar-refractivity contribution in [2.24, 2.45) is 0 Å². The molecule has 2 N–H and O–H groups in total. The van der Waals surface area contributed by atoms with Gasteiger partial charge in [-0.25, -0.2) is 0 Å². The largest absolute Gasteiger partial charge is 0.496 e. The lowest BCUT2D eigenvalue weighted by molar-refractivity contribution is -0.118. The van der Waals surface area contributed by atoms with E-state index in [1.54, 1.807) is 14.2 Å². The predicted octanol–water partition coefficient (Wildman–Crippen LogP) is 7.19. The van der Waals surface area contributed by atoms with Crippen LogP contribution in [-0.4, -0.2) is 32.2 Å². The maximum Gasteiger partial charge on any atom is 0.247 e. The molecule has 2 aliphatic carbocycles. The van der Waals surface area contributed by atoms with Crippen molar-refractivity contribution in [2.75, 3.05) is 19.5 Å². The van der Waals surface area contributed by atoms with Crippen LogP contribution in [0.4, 0.5) is 5.69 Å². The highest BCUT2D eigenvalue weighted by Crippen LogP contribution is 2.45. The summed E-state index contributed by atoms with van der Waals surface area (Å²) in [6.45, 7) is 6.15.